The van der Waals surface area contributed by atoms with Crippen LogP contribution in [-0.4, -0.2) is 16.6 Å². The van der Waals surface area contributed by atoms with Crippen molar-refractivity contribution < 1.29 is 0 Å². The van der Waals surface area contributed by atoms with Crippen LogP contribution in [0, 0.1) is 0 Å². The van der Waals surface area contributed by atoms with Gasteiger partial charge in [-0.1, -0.05) is 38.1 Å². The lowest BCUT2D eigenvalue weighted by Crippen LogP contribution is -2.28. The van der Waals surface area contributed by atoms with Crippen LogP contribution in [0.3, 0.4) is 0 Å². The molecule has 0 saturated carbocycles. The standard InChI is InChI=1S/C16H21N3O/c1-12(2)13-4-6-14(7-5-13)15(17-3)10-19-11-18-9-8-16(19)20/h4-9,11-12,15,17H,10H2,1-3H3. The van der Waals surface area contributed by atoms with Crippen molar-refractivity contribution in [3.05, 3.63) is 64.3 Å². The van der Waals surface area contributed by atoms with Crippen molar-refractivity contribution in [2.24, 2.45) is 0 Å². The number of hydrogen-bond acceptors (Lipinski definition) is 3. The third-order valence-corrected chi connectivity index (χ3v) is 3.53. The summed E-state index contributed by atoms with van der Waals surface area (Å²) in [6.45, 7) is 4.93. The predicted molar refractivity (Wildman–Crippen MR) is 80.8 cm³/mol. The van der Waals surface area contributed by atoms with Gasteiger partial charge in [0.05, 0.1) is 12.4 Å². The van der Waals surface area contributed by atoms with Crippen LogP contribution in [0.15, 0.2) is 47.7 Å². The fourth-order valence-corrected chi connectivity index (χ4v) is 2.19. The molecule has 106 valence electrons. The number of likely N-dealkylation sites (N-methyl/N-ethyl adjacent to an activating group) is 1. The lowest BCUT2D eigenvalue weighted by atomic mass is 9.99. The summed E-state index contributed by atoms with van der Waals surface area (Å²) in [5, 5.41) is 3.26. The van der Waals surface area contributed by atoms with Crippen LogP contribution < -0.4 is 10.9 Å². The number of benzene rings is 1. The Hall–Kier alpha value is -1.94. The summed E-state index contributed by atoms with van der Waals surface area (Å²) in [6, 6.07) is 10.1. The molecule has 1 heterocycles. The molecular weight excluding hydrogens is 250 g/mol. The van der Waals surface area contributed by atoms with Crippen LogP contribution >= 0.6 is 0 Å². The van der Waals surface area contributed by atoms with Gasteiger partial charge in [-0.2, -0.15) is 0 Å². The van der Waals surface area contributed by atoms with E-state index in [2.05, 4.69) is 48.4 Å². The van der Waals surface area contributed by atoms with Gasteiger partial charge in [-0.25, -0.2) is 4.98 Å². The van der Waals surface area contributed by atoms with Crippen molar-refractivity contribution in [3.8, 4) is 0 Å². The van der Waals surface area contributed by atoms with E-state index in [-0.39, 0.29) is 11.6 Å². The molecule has 0 aliphatic carbocycles. The van der Waals surface area contributed by atoms with E-state index in [1.54, 1.807) is 10.9 Å². The Labute approximate surface area is 119 Å². The molecule has 1 unspecified atom stereocenters. The average Bonchev–Trinajstić information content (AvgIpc) is 2.46. The average molecular weight is 271 g/mol. The van der Waals surface area contributed by atoms with E-state index in [0.717, 1.165) is 0 Å². The Balaban J connectivity index is 2.20. The Kier molecular flexibility index (Phi) is 4.69. The van der Waals surface area contributed by atoms with Gasteiger partial charge in [-0.3, -0.25) is 9.36 Å². The van der Waals surface area contributed by atoms with Crippen molar-refractivity contribution in [2.45, 2.75) is 32.4 Å². The minimum atomic E-state index is -0.0287. The van der Waals surface area contributed by atoms with E-state index < -0.39 is 0 Å². The van der Waals surface area contributed by atoms with E-state index in [1.807, 2.05) is 7.05 Å². The summed E-state index contributed by atoms with van der Waals surface area (Å²) in [5.41, 5.74) is 2.47. The third-order valence-electron chi connectivity index (χ3n) is 3.53. The zero-order valence-electron chi connectivity index (χ0n) is 12.2. The molecule has 0 fully saturated rings. The SMILES string of the molecule is CNC(Cn1cnccc1=O)c1ccc(C(C)C)cc1. The van der Waals surface area contributed by atoms with Crippen LogP contribution in [0.25, 0.3) is 0 Å². The predicted octanol–water partition coefficient (Wildman–Crippen LogP) is 2.33. The Morgan fingerprint density at radius 3 is 2.35 bits per heavy atom. The van der Waals surface area contributed by atoms with Gasteiger partial charge >= 0.3 is 0 Å². The van der Waals surface area contributed by atoms with E-state index in [4.69, 9.17) is 0 Å². The van der Waals surface area contributed by atoms with Gasteiger partial charge in [0.2, 0.25) is 0 Å². The lowest BCUT2D eigenvalue weighted by Gasteiger charge is -2.18. The number of aromatic nitrogens is 2. The van der Waals surface area contributed by atoms with Crippen molar-refractivity contribution in [1.82, 2.24) is 14.9 Å². The smallest absolute Gasteiger partial charge is 0.253 e. The quantitative estimate of drug-likeness (QED) is 0.908. The molecule has 4 heteroatoms. The second-order valence-electron chi connectivity index (χ2n) is 5.23. The maximum absolute atomic E-state index is 11.7. The van der Waals surface area contributed by atoms with Crippen molar-refractivity contribution in [2.75, 3.05) is 7.05 Å². The highest BCUT2D eigenvalue weighted by atomic mass is 16.1. The Morgan fingerprint density at radius 2 is 1.80 bits per heavy atom. The molecule has 0 amide bonds. The molecule has 1 atom stereocenters. The highest BCUT2D eigenvalue weighted by Gasteiger charge is 2.11. The number of rotatable bonds is 5. The molecule has 1 aromatic carbocycles. The molecule has 2 rings (SSSR count). The number of nitrogens with zero attached hydrogens (tertiary/aromatic N) is 2. The maximum atomic E-state index is 11.7. The largest absolute Gasteiger partial charge is 0.312 e. The van der Waals surface area contributed by atoms with Crippen molar-refractivity contribution in [3.63, 3.8) is 0 Å². The number of nitrogens with one attached hydrogen (secondary N) is 1. The lowest BCUT2D eigenvalue weighted by molar-refractivity contribution is 0.486. The summed E-state index contributed by atoms with van der Waals surface area (Å²) >= 11 is 0. The van der Waals surface area contributed by atoms with Crippen molar-refractivity contribution in [1.29, 1.82) is 0 Å². The molecule has 20 heavy (non-hydrogen) atoms. The summed E-state index contributed by atoms with van der Waals surface area (Å²) in [4.78, 5) is 15.7. The monoisotopic (exact) mass is 271 g/mol. The van der Waals surface area contributed by atoms with Crippen LogP contribution in [0.4, 0.5) is 0 Å². The molecule has 0 aliphatic heterocycles. The molecule has 0 radical (unpaired) electrons. The van der Waals surface area contributed by atoms with Gasteiger partial charge < -0.3 is 5.32 Å². The van der Waals surface area contributed by atoms with Crippen LogP contribution in [-0.2, 0) is 6.54 Å². The molecule has 0 saturated heterocycles. The third kappa shape index (κ3) is 3.33. The van der Waals surface area contributed by atoms with Crippen LogP contribution in [0.1, 0.15) is 36.9 Å². The van der Waals surface area contributed by atoms with Gasteiger partial charge in [-0.15, -0.1) is 0 Å². The normalized spacial score (nSPS) is 12.6. The Morgan fingerprint density at radius 1 is 1.15 bits per heavy atom. The van der Waals surface area contributed by atoms with E-state index in [0.29, 0.717) is 12.5 Å². The second-order valence-corrected chi connectivity index (χ2v) is 5.23. The molecular formula is C16H21N3O. The molecule has 1 N–H and O–H groups in total. The first-order valence-electron chi connectivity index (χ1n) is 6.89. The highest BCUT2D eigenvalue weighted by molar-refractivity contribution is 5.26. The van der Waals surface area contributed by atoms with Gasteiger partial charge in [0.25, 0.3) is 5.56 Å². The molecule has 0 spiro atoms. The highest BCUT2D eigenvalue weighted by Crippen LogP contribution is 2.19. The van der Waals surface area contributed by atoms with Gasteiger partial charge in [-0.05, 0) is 24.1 Å². The summed E-state index contributed by atoms with van der Waals surface area (Å²) in [7, 11) is 1.91. The Bertz CT molecular complexity index is 602. The fourth-order valence-electron chi connectivity index (χ4n) is 2.19. The first-order valence-corrected chi connectivity index (χ1v) is 6.89. The van der Waals surface area contributed by atoms with E-state index in [9.17, 15) is 4.79 Å². The minimum absolute atomic E-state index is 0.0287. The topological polar surface area (TPSA) is 46.9 Å². The molecule has 4 nitrogen and oxygen atoms in total. The first-order chi connectivity index (χ1) is 9.61. The zero-order chi connectivity index (χ0) is 14.5. The maximum Gasteiger partial charge on any atom is 0.253 e. The molecule has 2 aromatic rings. The first kappa shape index (κ1) is 14.5. The van der Waals surface area contributed by atoms with Gasteiger partial charge in [0.1, 0.15) is 0 Å². The number of hydrogen-bond donors (Lipinski definition) is 1. The van der Waals surface area contributed by atoms with E-state index >= 15 is 0 Å². The van der Waals surface area contributed by atoms with Gasteiger partial charge in [0.15, 0.2) is 0 Å². The van der Waals surface area contributed by atoms with E-state index in [1.165, 1.54) is 23.4 Å². The van der Waals surface area contributed by atoms with Crippen LogP contribution in [0.5, 0.6) is 0 Å². The van der Waals surface area contributed by atoms with Crippen LogP contribution in [0.2, 0.25) is 0 Å². The molecule has 1 aromatic heterocycles. The molecule has 0 aliphatic rings. The summed E-state index contributed by atoms with van der Waals surface area (Å²) < 4.78 is 1.62. The second kappa shape index (κ2) is 6.48. The minimum Gasteiger partial charge on any atom is -0.312 e. The van der Waals surface area contributed by atoms with Crippen molar-refractivity contribution >= 4 is 0 Å². The molecule has 0 bridgehead atoms. The zero-order valence-corrected chi connectivity index (χ0v) is 12.2. The summed E-state index contributed by atoms with van der Waals surface area (Å²) in [5.74, 6) is 0.526. The summed E-state index contributed by atoms with van der Waals surface area (Å²) in [6.07, 6.45) is 3.10. The van der Waals surface area contributed by atoms with Gasteiger partial charge in [0, 0.05) is 18.8 Å². The fraction of sp³-hybridized carbons (Fsp3) is 0.375.